The molecule has 1 aliphatic rings. The van der Waals surface area contributed by atoms with Gasteiger partial charge in [-0.15, -0.1) is 0 Å². The molecule has 9 nitrogen and oxygen atoms in total. The van der Waals surface area contributed by atoms with Gasteiger partial charge in [-0.2, -0.15) is 0 Å². The van der Waals surface area contributed by atoms with E-state index < -0.39 is 22.0 Å². The van der Waals surface area contributed by atoms with E-state index in [1.807, 2.05) is 18.2 Å². The molecule has 4 aromatic rings. The molecule has 2 aromatic carbocycles. The van der Waals surface area contributed by atoms with Crippen LogP contribution in [0, 0.1) is 0 Å². The number of carbonyl (C=O) groups is 1. The average Bonchev–Trinajstić information content (AvgIpc) is 3.38. The van der Waals surface area contributed by atoms with E-state index in [2.05, 4.69) is 49.9 Å². The molecular formula is C22H22N6O3Se. The summed E-state index contributed by atoms with van der Waals surface area (Å²) < 4.78 is 1.75. The maximum atomic E-state index is 12.1. The Morgan fingerprint density at radius 1 is 1.09 bits per heavy atom. The summed E-state index contributed by atoms with van der Waals surface area (Å²) in [4.78, 5) is 24.2. The standard InChI is InChI=1S/C22H22N6O3Se/c1-23-21(31)18-16(29)17(30)22(32-18)28-11-27-15-19(25-10-26-20(15)28)24-9-13-7-4-6-12-5-2-3-8-14(12)13/h2-8,10-11,16-18,22,29-30H,9H2,1H3,(H,23,31)(H,24,25,26)/t16-,17+,18+,22+/m0/s1. The first kappa shape index (κ1) is 20.8. The molecule has 2 aromatic heterocycles. The number of imidazole rings is 1. The monoisotopic (exact) mass is 498 g/mol. The van der Waals surface area contributed by atoms with Gasteiger partial charge in [0.15, 0.2) is 0 Å². The molecule has 0 saturated carbocycles. The number of nitrogens with zero attached hydrogens (tertiary/aromatic N) is 4. The second kappa shape index (κ2) is 8.48. The van der Waals surface area contributed by atoms with Crippen molar-refractivity contribution < 1.29 is 15.0 Å². The fourth-order valence-electron chi connectivity index (χ4n) is 4.04. The van der Waals surface area contributed by atoms with Crippen molar-refractivity contribution >= 4 is 48.6 Å². The Morgan fingerprint density at radius 3 is 2.75 bits per heavy atom. The second-order valence-electron chi connectivity index (χ2n) is 7.58. The number of hydrogen-bond donors (Lipinski definition) is 4. The van der Waals surface area contributed by atoms with Gasteiger partial charge in [-0.25, -0.2) is 0 Å². The predicted octanol–water partition coefficient (Wildman–Crippen LogP) is 1.06. The third kappa shape index (κ3) is 3.51. The number of aliphatic hydroxyl groups is 2. The number of nitrogens with one attached hydrogen (secondary N) is 2. The quantitative estimate of drug-likeness (QED) is 0.304. The maximum absolute atomic E-state index is 12.1. The molecule has 1 fully saturated rings. The Kier molecular flexibility index (Phi) is 5.52. The summed E-state index contributed by atoms with van der Waals surface area (Å²) in [5.41, 5.74) is 2.27. The number of fused-ring (bicyclic) bond motifs is 2. The van der Waals surface area contributed by atoms with Crippen LogP contribution in [0.4, 0.5) is 5.82 Å². The van der Waals surface area contributed by atoms with Gasteiger partial charge in [0.1, 0.15) is 0 Å². The first-order valence-electron chi connectivity index (χ1n) is 10.2. The van der Waals surface area contributed by atoms with Gasteiger partial charge in [-0.3, -0.25) is 0 Å². The molecule has 1 aliphatic heterocycles. The van der Waals surface area contributed by atoms with Gasteiger partial charge in [-0.1, -0.05) is 0 Å². The van der Waals surface area contributed by atoms with Crippen molar-refractivity contribution in [3.8, 4) is 0 Å². The second-order valence-corrected chi connectivity index (χ2v) is 10.2. The van der Waals surface area contributed by atoms with Gasteiger partial charge in [0, 0.05) is 0 Å². The molecule has 10 heteroatoms. The first-order chi connectivity index (χ1) is 15.6. The van der Waals surface area contributed by atoms with Crippen molar-refractivity contribution in [2.75, 3.05) is 12.4 Å². The van der Waals surface area contributed by atoms with Crippen LogP contribution in [0.2, 0.25) is 4.82 Å². The van der Waals surface area contributed by atoms with E-state index in [1.54, 1.807) is 10.9 Å². The molecular weight excluding hydrogens is 475 g/mol. The van der Waals surface area contributed by atoms with Gasteiger partial charge in [0.2, 0.25) is 0 Å². The number of hydrogen-bond acceptors (Lipinski definition) is 7. The molecule has 32 heavy (non-hydrogen) atoms. The summed E-state index contributed by atoms with van der Waals surface area (Å²) in [6.07, 6.45) is 0.851. The van der Waals surface area contributed by atoms with Crippen LogP contribution in [-0.4, -0.2) is 69.9 Å². The van der Waals surface area contributed by atoms with Crippen molar-refractivity contribution in [1.82, 2.24) is 24.8 Å². The van der Waals surface area contributed by atoms with Crippen LogP contribution in [0.25, 0.3) is 21.9 Å². The van der Waals surface area contributed by atoms with E-state index in [4.69, 9.17) is 0 Å². The fraction of sp³-hybridized carbons (Fsp3) is 0.273. The fourth-order valence-corrected chi connectivity index (χ4v) is 7.13. The Morgan fingerprint density at radius 2 is 1.91 bits per heavy atom. The van der Waals surface area contributed by atoms with Crippen molar-refractivity contribution in [3.63, 3.8) is 0 Å². The molecule has 0 aliphatic carbocycles. The van der Waals surface area contributed by atoms with Crippen molar-refractivity contribution in [2.45, 2.75) is 28.5 Å². The number of aliphatic hydroxyl groups excluding tert-OH is 2. The Hall–Kier alpha value is -3.04. The zero-order valence-electron chi connectivity index (χ0n) is 17.2. The molecule has 0 radical (unpaired) electrons. The Labute approximate surface area is 190 Å². The van der Waals surface area contributed by atoms with E-state index in [-0.39, 0.29) is 20.9 Å². The van der Waals surface area contributed by atoms with Crippen LogP contribution in [-0.2, 0) is 11.3 Å². The third-order valence-corrected chi connectivity index (χ3v) is 9.00. The van der Waals surface area contributed by atoms with Gasteiger partial charge >= 0.3 is 190 Å². The van der Waals surface area contributed by atoms with E-state index in [0.717, 1.165) is 5.56 Å². The topological polar surface area (TPSA) is 125 Å². The predicted molar refractivity (Wildman–Crippen MR) is 121 cm³/mol. The summed E-state index contributed by atoms with van der Waals surface area (Å²) in [6.45, 7) is 0.563. The number of rotatable bonds is 5. The summed E-state index contributed by atoms with van der Waals surface area (Å²) >= 11 is -0.381. The molecule has 4 atom stereocenters. The van der Waals surface area contributed by atoms with Crippen molar-refractivity contribution in [3.05, 3.63) is 60.7 Å². The molecule has 164 valence electrons. The SMILES string of the molecule is CNC(=O)[C@@H]1[Se][C@@H](n2cnc3c(NCc4cccc5ccccc45)ncnc32)[C@H](O)[C@@H]1O. The van der Waals surface area contributed by atoms with Crippen LogP contribution in [0.1, 0.15) is 10.5 Å². The third-order valence-electron chi connectivity index (χ3n) is 5.70. The zero-order chi connectivity index (χ0) is 22.2. The molecule has 5 rings (SSSR count). The Bertz CT molecular complexity index is 1290. The van der Waals surface area contributed by atoms with Crippen LogP contribution in [0.3, 0.4) is 0 Å². The summed E-state index contributed by atoms with van der Waals surface area (Å²) in [7, 11) is 1.53. The van der Waals surface area contributed by atoms with Gasteiger partial charge in [0.25, 0.3) is 0 Å². The minimum atomic E-state index is -1.12. The Balaban J connectivity index is 1.43. The zero-order valence-corrected chi connectivity index (χ0v) is 18.9. The molecule has 0 unspecified atom stereocenters. The molecule has 1 amide bonds. The minimum absolute atomic E-state index is 0.268. The van der Waals surface area contributed by atoms with Crippen LogP contribution >= 0.6 is 0 Å². The van der Waals surface area contributed by atoms with Gasteiger partial charge in [-0.05, 0) is 0 Å². The molecule has 4 N–H and O–H groups in total. The first-order valence-corrected chi connectivity index (χ1v) is 12.2. The number of benzene rings is 2. The normalized spacial score (nSPS) is 23.0. The molecule has 1 saturated heterocycles. The molecule has 0 spiro atoms. The van der Waals surface area contributed by atoms with E-state index in [0.29, 0.717) is 23.5 Å². The number of aromatic nitrogens is 4. The van der Waals surface area contributed by atoms with Crippen LogP contribution < -0.4 is 10.6 Å². The van der Waals surface area contributed by atoms with Crippen LogP contribution in [0.5, 0.6) is 0 Å². The van der Waals surface area contributed by atoms with Crippen LogP contribution in [0.15, 0.2) is 55.1 Å². The summed E-state index contributed by atoms with van der Waals surface area (Å²) in [5, 5.41) is 29.2. The summed E-state index contributed by atoms with van der Waals surface area (Å²) in [5.74, 6) is 0.320. The van der Waals surface area contributed by atoms with Crippen molar-refractivity contribution in [2.24, 2.45) is 0 Å². The van der Waals surface area contributed by atoms with E-state index >= 15 is 0 Å². The van der Waals surface area contributed by atoms with Gasteiger partial charge < -0.3 is 0 Å². The average molecular weight is 497 g/mol. The van der Waals surface area contributed by atoms with Gasteiger partial charge in [0.05, 0.1) is 0 Å². The number of anilines is 1. The van der Waals surface area contributed by atoms with E-state index in [9.17, 15) is 15.0 Å². The number of amides is 1. The number of carbonyl (C=O) groups excluding carboxylic acids is 1. The molecule has 3 heterocycles. The van der Waals surface area contributed by atoms with Crippen molar-refractivity contribution in [1.29, 1.82) is 0 Å². The summed E-state index contributed by atoms with van der Waals surface area (Å²) in [6, 6.07) is 14.4. The molecule has 0 bridgehead atoms. The van der Waals surface area contributed by atoms with E-state index in [1.165, 1.54) is 24.1 Å².